The molecular formula is C8H10O4. The summed E-state index contributed by atoms with van der Waals surface area (Å²) in [5.74, 6) is -1.48. The van der Waals surface area contributed by atoms with E-state index in [4.69, 9.17) is 4.74 Å². The van der Waals surface area contributed by atoms with Gasteiger partial charge in [-0.05, 0) is 6.42 Å². The number of ether oxygens (including phenoxy) is 1. The third-order valence-corrected chi connectivity index (χ3v) is 2.63. The molecule has 3 atom stereocenters. The molecule has 1 aliphatic carbocycles. The Morgan fingerprint density at radius 3 is 2.83 bits per heavy atom. The van der Waals surface area contributed by atoms with Crippen molar-refractivity contribution in [2.75, 3.05) is 6.61 Å². The van der Waals surface area contributed by atoms with Gasteiger partial charge >= 0.3 is 5.97 Å². The minimum absolute atomic E-state index is 0.0761. The van der Waals surface area contributed by atoms with Crippen molar-refractivity contribution in [2.24, 2.45) is 11.8 Å². The molecule has 1 saturated carbocycles. The predicted octanol–water partition coefficient (Wildman–Crippen LogP) is -0.501. The predicted molar refractivity (Wildman–Crippen MR) is 38.2 cm³/mol. The molecule has 2 fully saturated rings. The van der Waals surface area contributed by atoms with E-state index in [9.17, 15) is 14.7 Å². The average Bonchev–Trinajstić information content (AvgIpc) is 2.42. The van der Waals surface area contributed by atoms with E-state index in [-0.39, 0.29) is 18.3 Å². The molecule has 1 saturated heterocycles. The first-order valence-electron chi connectivity index (χ1n) is 4.07. The lowest BCUT2D eigenvalue weighted by molar-refractivity contribution is -0.146. The Hall–Kier alpha value is -0.900. The molecule has 1 aliphatic heterocycles. The van der Waals surface area contributed by atoms with Crippen LogP contribution in [0.4, 0.5) is 0 Å². The van der Waals surface area contributed by atoms with Crippen molar-refractivity contribution in [1.29, 1.82) is 0 Å². The van der Waals surface area contributed by atoms with Crippen LogP contribution in [0.5, 0.6) is 0 Å². The molecule has 0 aromatic carbocycles. The number of ketones is 1. The van der Waals surface area contributed by atoms with E-state index in [1.54, 1.807) is 0 Å². The van der Waals surface area contributed by atoms with Gasteiger partial charge in [-0.1, -0.05) is 0 Å². The fraction of sp³-hybridized carbons (Fsp3) is 0.750. The molecule has 4 heteroatoms. The maximum Gasteiger partial charge on any atom is 0.317 e. The quantitative estimate of drug-likeness (QED) is 0.393. The van der Waals surface area contributed by atoms with Gasteiger partial charge in [-0.15, -0.1) is 0 Å². The average molecular weight is 170 g/mol. The Labute approximate surface area is 69.5 Å². The summed E-state index contributed by atoms with van der Waals surface area (Å²) in [6, 6.07) is 0. The summed E-state index contributed by atoms with van der Waals surface area (Å²) >= 11 is 0. The topological polar surface area (TPSA) is 63.6 Å². The second-order valence-corrected chi connectivity index (χ2v) is 3.34. The number of aliphatic hydroxyl groups excluding tert-OH is 1. The molecule has 1 N–H and O–H groups in total. The van der Waals surface area contributed by atoms with Gasteiger partial charge in [-0.2, -0.15) is 0 Å². The van der Waals surface area contributed by atoms with Crippen LogP contribution >= 0.6 is 0 Å². The number of hydrogen-bond acceptors (Lipinski definition) is 4. The number of Topliss-reactive ketones (excluding diaryl/α,β-unsaturated/α-hetero) is 1. The molecule has 1 heterocycles. The second-order valence-electron chi connectivity index (χ2n) is 3.34. The molecule has 0 bridgehead atoms. The maximum atomic E-state index is 11.2. The summed E-state index contributed by atoms with van der Waals surface area (Å²) in [4.78, 5) is 22.2. The van der Waals surface area contributed by atoms with Gasteiger partial charge in [0.25, 0.3) is 0 Å². The third-order valence-electron chi connectivity index (χ3n) is 2.63. The number of rotatable bonds is 0. The number of cyclic esters (lactones) is 1. The molecule has 66 valence electrons. The van der Waals surface area contributed by atoms with E-state index in [0.29, 0.717) is 12.8 Å². The molecule has 0 amide bonds. The van der Waals surface area contributed by atoms with Crippen LogP contribution in [0, 0.1) is 11.8 Å². The van der Waals surface area contributed by atoms with Gasteiger partial charge in [0.2, 0.25) is 0 Å². The molecule has 2 aliphatic rings. The van der Waals surface area contributed by atoms with Crippen LogP contribution < -0.4 is 0 Å². The molecule has 4 nitrogen and oxygen atoms in total. The van der Waals surface area contributed by atoms with Crippen LogP contribution in [0.1, 0.15) is 12.8 Å². The van der Waals surface area contributed by atoms with Crippen molar-refractivity contribution >= 4 is 11.8 Å². The number of carbonyl (C=O) groups is 2. The second kappa shape index (κ2) is 2.55. The van der Waals surface area contributed by atoms with Crippen molar-refractivity contribution < 1.29 is 19.4 Å². The summed E-state index contributed by atoms with van der Waals surface area (Å²) in [6.07, 6.45) is 0.229. The van der Waals surface area contributed by atoms with E-state index in [0.717, 1.165) is 0 Å². The smallest absolute Gasteiger partial charge is 0.317 e. The van der Waals surface area contributed by atoms with Gasteiger partial charge in [0, 0.05) is 12.3 Å². The molecule has 0 aromatic rings. The lowest BCUT2D eigenvalue weighted by Gasteiger charge is -2.25. The van der Waals surface area contributed by atoms with Crippen LogP contribution in [-0.2, 0) is 14.3 Å². The van der Waals surface area contributed by atoms with Crippen LogP contribution in [0.15, 0.2) is 0 Å². The van der Waals surface area contributed by atoms with Crippen LogP contribution in [-0.4, -0.2) is 29.6 Å². The Morgan fingerprint density at radius 2 is 2.17 bits per heavy atom. The zero-order valence-electron chi connectivity index (χ0n) is 6.53. The SMILES string of the molecule is O=C1CC[C@@H](O)[C@H]2COC(=O)C12. The van der Waals surface area contributed by atoms with Gasteiger partial charge in [-0.25, -0.2) is 0 Å². The summed E-state index contributed by atoms with van der Waals surface area (Å²) in [5.41, 5.74) is 0. The summed E-state index contributed by atoms with van der Waals surface area (Å²) in [5, 5.41) is 9.43. The lowest BCUT2D eigenvalue weighted by atomic mass is 9.78. The largest absolute Gasteiger partial charge is 0.465 e. The fourth-order valence-corrected chi connectivity index (χ4v) is 1.90. The van der Waals surface area contributed by atoms with E-state index < -0.39 is 18.0 Å². The minimum atomic E-state index is -0.672. The van der Waals surface area contributed by atoms with Crippen molar-refractivity contribution in [1.82, 2.24) is 0 Å². The zero-order valence-corrected chi connectivity index (χ0v) is 6.53. The van der Waals surface area contributed by atoms with Crippen LogP contribution in [0.2, 0.25) is 0 Å². The molecule has 12 heavy (non-hydrogen) atoms. The fourth-order valence-electron chi connectivity index (χ4n) is 1.90. The van der Waals surface area contributed by atoms with Crippen LogP contribution in [0.25, 0.3) is 0 Å². The normalized spacial score (nSPS) is 40.9. The molecule has 1 unspecified atom stereocenters. The van der Waals surface area contributed by atoms with E-state index in [1.807, 2.05) is 0 Å². The highest BCUT2D eigenvalue weighted by molar-refractivity contribution is 6.01. The van der Waals surface area contributed by atoms with Crippen LogP contribution in [0.3, 0.4) is 0 Å². The van der Waals surface area contributed by atoms with Crippen molar-refractivity contribution in [2.45, 2.75) is 18.9 Å². The Bertz CT molecular complexity index is 235. The first-order chi connectivity index (χ1) is 5.70. The van der Waals surface area contributed by atoms with Crippen molar-refractivity contribution in [3.63, 3.8) is 0 Å². The monoisotopic (exact) mass is 170 g/mol. The molecule has 0 radical (unpaired) electrons. The number of aliphatic hydroxyl groups is 1. The number of carbonyl (C=O) groups excluding carboxylic acids is 2. The van der Waals surface area contributed by atoms with Gasteiger partial charge in [0.1, 0.15) is 11.7 Å². The Balaban J connectivity index is 2.24. The Morgan fingerprint density at radius 1 is 1.42 bits per heavy atom. The van der Waals surface area contributed by atoms with Gasteiger partial charge in [0.15, 0.2) is 0 Å². The first kappa shape index (κ1) is 7.73. The minimum Gasteiger partial charge on any atom is -0.465 e. The number of esters is 1. The first-order valence-corrected chi connectivity index (χ1v) is 4.07. The molecule has 0 aromatic heterocycles. The number of fused-ring (bicyclic) bond motifs is 1. The van der Waals surface area contributed by atoms with E-state index >= 15 is 0 Å². The summed E-state index contributed by atoms with van der Waals surface area (Å²) in [6.45, 7) is 0.205. The van der Waals surface area contributed by atoms with Crippen molar-refractivity contribution in [3.05, 3.63) is 0 Å². The highest BCUT2D eigenvalue weighted by Gasteiger charge is 2.48. The Kier molecular flexibility index (Phi) is 1.65. The number of hydrogen-bond donors (Lipinski definition) is 1. The highest BCUT2D eigenvalue weighted by atomic mass is 16.5. The third kappa shape index (κ3) is 0.948. The summed E-state index contributed by atoms with van der Waals surface area (Å²) in [7, 11) is 0. The molecule has 2 rings (SSSR count). The van der Waals surface area contributed by atoms with Gasteiger partial charge in [0.05, 0.1) is 12.7 Å². The van der Waals surface area contributed by atoms with Crippen molar-refractivity contribution in [3.8, 4) is 0 Å². The van der Waals surface area contributed by atoms with Gasteiger partial charge in [-0.3, -0.25) is 9.59 Å². The standard InChI is InChI=1S/C8H10O4/c9-5-1-2-6(10)7-4(5)3-12-8(7)11/h4-5,7,9H,1-3H2/t4-,5-,7?/m1/s1. The van der Waals surface area contributed by atoms with Gasteiger partial charge < -0.3 is 9.84 Å². The molecular weight excluding hydrogens is 160 g/mol. The van der Waals surface area contributed by atoms with E-state index in [1.165, 1.54) is 0 Å². The lowest BCUT2D eigenvalue weighted by Crippen LogP contribution is -2.38. The summed E-state index contributed by atoms with van der Waals surface area (Å²) < 4.78 is 4.72. The highest BCUT2D eigenvalue weighted by Crippen LogP contribution is 2.33. The van der Waals surface area contributed by atoms with E-state index in [2.05, 4.69) is 0 Å². The molecule has 0 spiro atoms. The maximum absolute atomic E-state index is 11.2. The zero-order chi connectivity index (χ0) is 8.72.